The van der Waals surface area contributed by atoms with E-state index in [1.165, 1.54) is 55.6 Å². The Labute approximate surface area is 674 Å². The van der Waals surface area contributed by atoms with Crippen molar-refractivity contribution in [3.05, 3.63) is 352 Å². The normalized spacial score (nSPS) is 11.7. The standard InChI is InChI=1S/C20H14N3.C19H17N2.C17H14N3.C16H13N2.C13H9N4.4Ir.Pt/c1-2-9-18(10-3-1)23-14-20(22-15-23)17-8-6-7-16(13-17)19-11-4-5-12-21-19;1-19(2)16-7-5-4-6-14(16)15-9-8-13(10-17(15)19)18-11-21(3)12-20-18;1-17(2)15-6-4-3-5-13(15)14-8-7-12(11-16(14)17)20-10-9-18-19-20;1-18-11-16(17-12-18)15-9-5-8-14(10-15)13-6-3-2-4-7-13;1-2-7-14-13(6-1)11-4-3-5-12(10-11)17-9-8-15-16-17;;;;;/h1-7,9-15H;4-7,9-12H,1-3H3;3-6,8-11H,1-2H3;2-8,10-12H,1H3;1-4,6-10H;;;;;/q5*-1;;;;;. The predicted octanol–water partition coefficient (Wildman–Crippen LogP) is 17.6. The van der Waals surface area contributed by atoms with E-state index in [1.807, 2.05) is 174 Å². The van der Waals surface area contributed by atoms with Crippen LogP contribution in [0, 0.1) is 30.3 Å². The van der Waals surface area contributed by atoms with Gasteiger partial charge in [-0.1, -0.05) is 170 Å². The van der Waals surface area contributed by atoms with Crippen molar-refractivity contribution < 1.29 is 101 Å². The summed E-state index contributed by atoms with van der Waals surface area (Å²) < 4.78 is 9.34. The van der Waals surface area contributed by atoms with Gasteiger partial charge in [-0.05, 0) is 93.9 Å². The minimum Gasteiger partial charge on any atom is -0.350 e. The van der Waals surface area contributed by atoms with Gasteiger partial charge in [-0.3, -0.25) is 24.9 Å². The largest absolute Gasteiger partial charge is 0.350 e. The maximum absolute atomic E-state index is 4.51. The van der Waals surface area contributed by atoms with Crippen LogP contribution < -0.4 is 0 Å². The Morgan fingerprint density at radius 3 is 1.30 bits per heavy atom. The van der Waals surface area contributed by atoms with Gasteiger partial charge in [-0.2, -0.15) is 30.3 Å². The van der Waals surface area contributed by atoms with Crippen LogP contribution in [0.4, 0.5) is 0 Å². The average Bonchev–Trinajstić information content (AvgIpc) is 1.58. The Bertz CT molecular complexity index is 5380. The molecule has 7 aromatic heterocycles. The van der Waals surface area contributed by atoms with Gasteiger partial charge in [0, 0.05) is 169 Å². The van der Waals surface area contributed by atoms with Crippen molar-refractivity contribution in [2.45, 2.75) is 38.5 Å². The maximum Gasteiger partial charge on any atom is 0.0883 e. The minimum absolute atomic E-state index is 0. The number of pyridine rings is 2. The fourth-order valence-corrected chi connectivity index (χ4v) is 12.5. The molecule has 7 heterocycles. The molecule has 19 heteroatoms. The van der Waals surface area contributed by atoms with E-state index in [0.29, 0.717) is 0 Å². The van der Waals surface area contributed by atoms with Crippen LogP contribution in [0.5, 0.6) is 0 Å². The number of benzene rings is 9. The summed E-state index contributed by atoms with van der Waals surface area (Å²) in [5.41, 5.74) is 25.9. The SMILES string of the molecule is CC1(C)c2ccccc2-c2c[c-]c(-n3ccnn3)cc21.Cn1cnc(-c2[c-]cc3c(c2)C(C)(C)c2ccccc2-3)c1.Cn1cnc(-c2[c-]ccc(-c3ccccc3)c2)c1.[Ir].[Ir].[Ir].[Ir].[Pt].[c-]1ccc(-c2ccccn2)cc1-c1cn(-c2ccccc2)cn1.[c-]1ccc(-c2ccccn2)cc1-n1ccnn1. The van der Waals surface area contributed by atoms with E-state index in [-0.39, 0.29) is 112 Å². The van der Waals surface area contributed by atoms with Crippen LogP contribution in [0.2, 0.25) is 0 Å². The van der Waals surface area contributed by atoms with Crippen molar-refractivity contribution in [1.82, 2.24) is 68.6 Å². The molecule has 2 aliphatic rings. The number of rotatable bonds is 9. The van der Waals surface area contributed by atoms with Gasteiger partial charge < -0.3 is 13.7 Å². The fourth-order valence-electron chi connectivity index (χ4n) is 12.5. The third kappa shape index (κ3) is 17.6. The van der Waals surface area contributed by atoms with Crippen LogP contribution in [0.3, 0.4) is 0 Å². The van der Waals surface area contributed by atoms with Crippen molar-refractivity contribution in [3.8, 4) is 107 Å². The van der Waals surface area contributed by atoms with E-state index >= 15 is 0 Å². The molecule has 0 saturated carbocycles. The first-order chi connectivity index (χ1) is 48.4. The third-order valence-corrected chi connectivity index (χ3v) is 17.6. The molecule has 0 N–H and O–H groups in total. The van der Waals surface area contributed by atoms with Crippen LogP contribution in [-0.4, -0.2) is 68.6 Å². The number of aromatic nitrogens is 14. The molecular formula is C85H67Ir4N14Pt-5. The molecule has 9 aromatic carbocycles. The van der Waals surface area contributed by atoms with Crippen molar-refractivity contribution in [2.24, 2.45) is 14.1 Å². The molecular weight excluding hydrogens is 2180 g/mol. The van der Waals surface area contributed by atoms with Crippen LogP contribution in [0.25, 0.3) is 107 Å². The van der Waals surface area contributed by atoms with Gasteiger partial charge in [0.2, 0.25) is 0 Å². The molecule has 2 aliphatic carbocycles. The molecule has 0 aliphatic heterocycles. The third-order valence-electron chi connectivity index (χ3n) is 17.6. The first-order valence-electron chi connectivity index (χ1n) is 32.5. The number of fused-ring (bicyclic) bond motifs is 6. The average molecular weight is 2250 g/mol. The van der Waals surface area contributed by atoms with Crippen molar-refractivity contribution >= 4 is 0 Å². The molecule has 0 atom stereocenters. The molecule has 18 rings (SSSR count). The van der Waals surface area contributed by atoms with Gasteiger partial charge in [0.05, 0.1) is 37.1 Å². The summed E-state index contributed by atoms with van der Waals surface area (Å²) >= 11 is 0. The summed E-state index contributed by atoms with van der Waals surface area (Å²) in [6, 6.07) is 92.4. The number of hydrogen-bond donors (Lipinski definition) is 0. The maximum atomic E-state index is 4.51. The van der Waals surface area contributed by atoms with Crippen LogP contribution >= 0.6 is 0 Å². The molecule has 16 aromatic rings. The van der Waals surface area contributed by atoms with Crippen LogP contribution in [0.1, 0.15) is 49.9 Å². The van der Waals surface area contributed by atoms with Crippen LogP contribution in [-0.2, 0) is 126 Å². The van der Waals surface area contributed by atoms with E-state index in [2.05, 4.69) is 219 Å². The van der Waals surface area contributed by atoms with E-state index in [9.17, 15) is 0 Å². The first kappa shape index (κ1) is 78.6. The van der Waals surface area contributed by atoms with E-state index in [0.717, 1.165) is 73.3 Å². The molecule has 0 saturated heterocycles. The summed E-state index contributed by atoms with van der Waals surface area (Å²) in [7, 11) is 3.96. The minimum atomic E-state index is 0. The van der Waals surface area contributed by atoms with Crippen molar-refractivity contribution in [3.63, 3.8) is 0 Å². The summed E-state index contributed by atoms with van der Waals surface area (Å²) in [6.07, 6.45) is 22.0. The molecule has 0 bridgehead atoms. The summed E-state index contributed by atoms with van der Waals surface area (Å²) in [5, 5.41) is 15.6. The Morgan fingerprint density at radius 2 is 0.779 bits per heavy atom. The van der Waals surface area contributed by atoms with Crippen molar-refractivity contribution in [2.75, 3.05) is 0 Å². The Balaban J connectivity index is 0.000000150. The predicted molar refractivity (Wildman–Crippen MR) is 390 cm³/mol. The molecule has 0 spiro atoms. The van der Waals surface area contributed by atoms with Gasteiger partial charge in [0.1, 0.15) is 0 Å². The van der Waals surface area contributed by atoms with Gasteiger partial charge in [-0.25, -0.2) is 9.36 Å². The zero-order valence-electron chi connectivity index (χ0n) is 57.2. The van der Waals surface area contributed by atoms with Gasteiger partial charge in [0.15, 0.2) is 0 Å². The van der Waals surface area contributed by atoms with E-state index in [1.54, 1.807) is 46.7 Å². The number of imidazole rings is 3. The zero-order valence-corrected chi connectivity index (χ0v) is 69.1. The zero-order chi connectivity index (χ0) is 67.7. The van der Waals surface area contributed by atoms with Crippen LogP contribution in [0.15, 0.2) is 299 Å². The Hall–Kier alpha value is -9.52. The van der Waals surface area contributed by atoms with E-state index in [4.69, 9.17) is 0 Å². The molecule has 0 amide bonds. The summed E-state index contributed by atoms with van der Waals surface area (Å²) in [5.74, 6) is 0. The Kier molecular flexibility index (Phi) is 27.0. The number of aryl methyl sites for hydroxylation is 2. The van der Waals surface area contributed by atoms with Crippen molar-refractivity contribution in [1.29, 1.82) is 0 Å². The smallest absolute Gasteiger partial charge is 0.0883 e. The summed E-state index contributed by atoms with van der Waals surface area (Å²) in [4.78, 5) is 22.0. The molecule has 14 nitrogen and oxygen atoms in total. The molecule has 4 radical (unpaired) electrons. The molecule has 104 heavy (non-hydrogen) atoms. The quantitative estimate of drug-likeness (QED) is 0.129. The molecule has 0 unspecified atom stereocenters. The second kappa shape index (κ2) is 35.8. The van der Waals surface area contributed by atoms with Gasteiger partial charge in [-0.15, -0.1) is 134 Å². The second-order valence-electron chi connectivity index (χ2n) is 24.9. The van der Waals surface area contributed by atoms with Gasteiger partial charge in [0.25, 0.3) is 0 Å². The monoisotopic (exact) mass is 2250 g/mol. The second-order valence-corrected chi connectivity index (χ2v) is 24.9. The molecule has 528 valence electrons. The summed E-state index contributed by atoms with van der Waals surface area (Å²) in [6.45, 7) is 9.12. The number of hydrogen-bond acceptors (Lipinski definition) is 9. The fraction of sp³-hybridized carbons (Fsp3) is 0.0941. The number of nitrogens with zero attached hydrogens (tertiary/aromatic N) is 14. The topological polar surface area (TPSA) is 141 Å². The Morgan fingerprint density at radius 1 is 0.337 bits per heavy atom. The van der Waals surface area contributed by atoms with Gasteiger partial charge >= 0.3 is 0 Å². The number of para-hydroxylation sites is 1. The first-order valence-corrected chi connectivity index (χ1v) is 32.5. The van der Waals surface area contributed by atoms with E-state index < -0.39 is 0 Å². The molecule has 0 fully saturated rings.